The predicted octanol–water partition coefficient (Wildman–Crippen LogP) is 3.90. The smallest absolute Gasteiger partial charge is 0.131 e. The van der Waals surface area contributed by atoms with Gasteiger partial charge in [0.25, 0.3) is 0 Å². The van der Waals surface area contributed by atoms with Gasteiger partial charge in [-0.1, -0.05) is 18.0 Å². The second kappa shape index (κ2) is 4.30. The highest BCUT2D eigenvalue weighted by atomic mass is 35.5. The zero-order valence-corrected chi connectivity index (χ0v) is 10.3. The molecule has 90 valence electrons. The summed E-state index contributed by atoms with van der Waals surface area (Å²) in [7, 11) is 0. The monoisotopic (exact) mass is 252 g/mol. The fourth-order valence-corrected chi connectivity index (χ4v) is 2.72. The lowest BCUT2D eigenvalue weighted by Gasteiger charge is -2.29. The van der Waals surface area contributed by atoms with Gasteiger partial charge in [-0.2, -0.15) is 0 Å². The van der Waals surface area contributed by atoms with Gasteiger partial charge in [0.15, 0.2) is 0 Å². The van der Waals surface area contributed by atoms with Crippen LogP contribution >= 0.6 is 11.6 Å². The molecule has 2 nitrogen and oxygen atoms in total. The molecule has 3 rings (SSSR count). The van der Waals surface area contributed by atoms with Crippen LogP contribution < -0.4 is 0 Å². The van der Waals surface area contributed by atoms with E-state index >= 15 is 0 Å². The molecular formula is C13H14ClFN2. The molecule has 0 bridgehead atoms. The van der Waals surface area contributed by atoms with E-state index in [1.165, 1.54) is 25.3 Å². The average molecular weight is 253 g/mol. The van der Waals surface area contributed by atoms with Gasteiger partial charge in [-0.3, -0.25) is 0 Å². The number of amidine groups is 1. The van der Waals surface area contributed by atoms with Gasteiger partial charge in [-0.15, -0.1) is 0 Å². The van der Waals surface area contributed by atoms with E-state index < -0.39 is 0 Å². The Labute approximate surface area is 105 Å². The quantitative estimate of drug-likeness (QED) is 0.684. The largest absolute Gasteiger partial charge is 0.356 e. The van der Waals surface area contributed by atoms with Crippen molar-refractivity contribution < 1.29 is 4.39 Å². The van der Waals surface area contributed by atoms with Crippen LogP contribution in [-0.2, 0) is 6.54 Å². The summed E-state index contributed by atoms with van der Waals surface area (Å²) >= 11 is 5.87. The van der Waals surface area contributed by atoms with Crippen molar-refractivity contribution in [1.82, 2.24) is 4.90 Å². The average Bonchev–Trinajstić information content (AvgIpc) is 2.51. The third kappa shape index (κ3) is 2.04. The number of halogens is 2. The third-order valence-electron chi connectivity index (χ3n) is 3.43. The zero-order chi connectivity index (χ0) is 11.8. The molecule has 0 unspecified atom stereocenters. The Kier molecular flexibility index (Phi) is 2.79. The van der Waals surface area contributed by atoms with Crippen molar-refractivity contribution in [2.45, 2.75) is 32.2 Å². The van der Waals surface area contributed by atoms with Gasteiger partial charge in [0.05, 0.1) is 5.69 Å². The minimum absolute atomic E-state index is 0.237. The summed E-state index contributed by atoms with van der Waals surface area (Å²) in [5.74, 6) is 0.858. The number of benzene rings is 1. The Morgan fingerprint density at radius 2 is 2.12 bits per heavy atom. The Morgan fingerprint density at radius 1 is 1.24 bits per heavy atom. The normalized spacial score (nSPS) is 19.2. The van der Waals surface area contributed by atoms with Crippen molar-refractivity contribution in [2.75, 3.05) is 6.54 Å². The maximum atomic E-state index is 13.8. The first kappa shape index (κ1) is 11.0. The third-order valence-corrected chi connectivity index (χ3v) is 3.65. The molecule has 0 aromatic heterocycles. The molecule has 2 aliphatic rings. The fourth-order valence-electron chi connectivity index (χ4n) is 2.52. The SMILES string of the molecule is Fc1cc(Cl)cc2c1CN1CCCCCC1=N2. The van der Waals surface area contributed by atoms with E-state index in [4.69, 9.17) is 11.6 Å². The lowest BCUT2D eigenvalue weighted by Crippen LogP contribution is -2.32. The van der Waals surface area contributed by atoms with E-state index in [1.807, 2.05) is 0 Å². The molecule has 0 saturated carbocycles. The van der Waals surface area contributed by atoms with Crippen LogP contribution in [0.2, 0.25) is 5.02 Å². The van der Waals surface area contributed by atoms with Gasteiger partial charge in [-0.25, -0.2) is 9.38 Å². The number of hydrogen-bond acceptors (Lipinski definition) is 2. The summed E-state index contributed by atoms with van der Waals surface area (Å²) < 4.78 is 13.8. The summed E-state index contributed by atoms with van der Waals surface area (Å²) in [5.41, 5.74) is 1.39. The van der Waals surface area contributed by atoms with Crippen LogP contribution in [0.25, 0.3) is 0 Å². The fraction of sp³-hybridized carbons (Fsp3) is 0.462. The molecule has 1 fully saturated rings. The molecule has 0 atom stereocenters. The van der Waals surface area contributed by atoms with E-state index in [2.05, 4.69) is 9.89 Å². The molecule has 1 aromatic rings. The van der Waals surface area contributed by atoms with Crippen molar-refractivity contribution in [3.05, 3.63) is 28.5 Å². The first-order chi connectivity index (χ1) is 8.24. The first-order valence-electron chi connectivity index (χ1n) is 6.04. The summed E-state index contributed by atoms with van der Waals surface area (Å²) in [6.07, 6.45) is 4.57. The maximum Gasteiger partial charge on any atom is 0.131 e. The number of fused-ring (bicyclic) bond motifs is 2. The van der Waals surface area contributed by atoms with Crippen molar-refractivity contribution in [1.29, 1.82) is 0 Å². The Bertz CT molecular complexity index is 485. The molecule has 0 radical (unpaired) electrons. The van der Waals surface area contributed by atoms with Crippen LogP contribution in [0.3, 0.4) is 0 Å². The maximum absolute atomic E-state index is 13.8. The summed E-state index contributed by atoms with van der Waals surface area (Å²) in [6.45, 7) is 1.62. The van der Waals surface area contributed by atoms with E-state index in [9.17, 15) is 4.39 Å². The van der Waals surface area contributed by atoms with Crippen LogP contribution in [0.15, 0.2) is 17.1 Å². The van der Waals surface area contributed by atoms with E-state index in [1.54, 1.807) is 6.07 Å². The summed E-state index contributed by atoms with van der Waals surface area (Å²) in [4.78, 5) is 6.77. The lowest BCUT2D eigenvalue weighted by atomic mass is 10.1. The molecular weight excluding hydrogens is 239 g/mol. The Hall–Kier alpha value is -1.09. The predicted molar refractivity (Wildman–Crippen MR) is 67.4 cm³/mol. The minimum Gasteiger partial charge on any atom is -0.356 e. The highest BCUT2D eigenvalue weighted by Crippen LogP contribution is 2.33. The van der Waals surface area contributed by atoms with Crippen LogP contribution in [0.4, 0.5) is 10.1 Å². The molecule has 0 N–H and O–H groups in total. The van der Waals surface area contributed by atoms with Crippen LogP contribution in [0, 0.1) is 5.82 Å². The zero-order valence-electron chi connectivity index (χ0n) is 9.55. The van der Waals surface area contributed by atoms with Crippen molar-refractivity contribution in [3.63, 3.8) is 0 Å². The number of rotatable bonds is 0. The van der Waals surface area contributed by atoms with Gasteiger partial charge in [-0.05, 0) is 25.0 Å². The standard InChI is InChI=1S/C13H14ClFN2/c14-9-6-11(15)10-8-17-5-3-1-2-4-13(17)16-12(10)7-9/h6-7H,1-5,8H2. The van der Waals surface area contributed by atoms with Gasteiger partial charge in [0.2, 0.25) is 0 Å². The second-order valence-electron chi connectivity index (χ2n) is 4.65. The molecule has 0 aliphatic carbocycles. The van der Waals surface area contributed by atoms with Crippen LogP contribution in [0.1, 0.15) is 31.2 Å². The van der Waals surface area contributed by atoms with E-state index in [0.29, 0.717) is 22.8 Å². The lowest BCUT2D eigenvalue weighted by molar-refractivity contribution is 0.394. The van der Waals surface area contributed by atoms with Gasteiger partial charge >= 0.3 is 0 Å². The van der Waals surface area contributed by atoms with Crippen molar-refractivity contribution in [3.8, 4) is 0 Å². The minimum atomic E-state index is -0.237. The first-order valence-corrected chi connectivity index (χ1v) is 6.42. The Morgan fingerprint density at radius 3 is 3.00 bits per heavy atom. The van der Waals surface area contributed by atoms with E-state index in [-0.39, 0.29) is 5.82 Å². The molecule has 0 amide bonds. The topological polar surface area (TPSA) is 15.6 Å². The van der Waals surface area contributed by atoms with Crippen LogP contribution in [0.5, 0.6) is 0 Å². The number of aliphatic imine (C=N–C) groups is 1. The van der Waals surface area contributed by atoms with Gasteiger partial charge in [0, 0.05) is 30.1 Å². The van der Waals surface area contributed by atoms with Crippen molar-refractivity contribution >= 4 is 23.1 Å². The van der Waals surface area contributed by atoms with Crippen LogP contribution in [-0.4, -0.2) is 17.3 Å². The molecule has 2 heterocycles. The van der Waals surface area contributed by atoms with Crippen molar-refractivity contribution in [2.24, 2.45) is 4.99 Å². The van der Waals surface area contributed by atoms with Gasteiger partial charge < -0.3 is 4.90 Å². The molecule has 4 heteroatoms. The molecule has 17 heavy (non-hydrogen) atoms. The second-order valence-corrected chi connectivity index (χ2v) is 5.08. The van der Waals surface area contributed by atoms with Gasteiger partial charge in [0.1, 0.15) is 11.7 Å². The molecule has 2 aliphatic heterocycles. The highest BCUT2D eigenvalue weighted by Gasteiger charge is 2.23. The summed E-state index contributed by atoms with van der Waals surface area (Å²) in [5, 5.41) is 0.424. The number of nitrogens with zero attached hydrogens (tertiary/aromatic N) is 2. The highest BCUT2D eigenvalue weighted by molar-refractivity contribution is 6.30. The Balaban J connectivity index is 2.05. The van der Waals surface area contributed by atoms with E-state index in [0.717, 1.165) is 18.8 Å². The molecule has 1 aromatic carbocycles. The summed E-state index contributed by atoms with van der Waals surface area (Å²) in [6, 6.07) is 3.13. The molecule has 0 spiro atoms. The molecule has 1 saturated heterocycles. The number of hydrogen-bond donors (Lipinski definition) is 0.